The van der Waals surface area contributed by atoms with Gasteiger partial charge in [-0.25, -0.2) is 0 Å². The van der Waals surface area contributed by atoms with Gasteiger partial charge in [0.25, 0.3) is 0 Å². The van der Waals surface area contributed by atoms with Crippen molar-refractivity contribution in [2.24, 2.45) is 0 Å². The zero-order valence-corrected chi connectivity index (χ0v) is 14.1. The minimum atomic E-state index is 1.04. The lowest BCUT2D eigenvalue weighted by Gasteiger charge is -2.21. The van der Waals surface area contributed by atoms with E-state index in [1.807, 2.05) is 0 Å². The number of nitrogens with zero attached hydrogens (tertiary/aromatic N) is 1. The zero-order valence-electron chi connectivity index (χ0n) is 12.5. The number of alkyl halides is 1. The van der Waals surface area contributed by atoms with Crippen molar-refractivity contribution in [3.8, 4) is 0 Å². The van der Waals surface area contributed by atoms with Crippen LogP contribution in [0.5, 0.6) is 0 Å². The highest BCUT2D eigenvalue weighted by atomic mass is 79.9. The molecule has 0 N–H and O–H groups in total. The van der Waals surface area contributed by atoms with Crippen molar-refractivity contribution in [3.05, 3.63) is 71.8 Å². The van der Waals surface area contributed by atoms with Crippen LogP contribution in [0.1, 0.15) is 24.0 Å². The van der Waals surface area contributed by atoms with Crippen LogP contribution in [0.3, 0.4) is 0 Å². The van der Waals surface area contributed by atoms with Crippen LogP contribution < -0.4 is 0 Å². The van der Waals surface area contributed by atoms with Crippen LogP contribution in [0.25, 0.3) is 0 Å². The summed E-state index contributed by atoms with van der Waals surface area (Å²) >= 11 is 3.57. The Morgan fingerprint density at radius 3 is 1.95 bits per heavy atom. The second kappa shape index (κ2) is 9.75. The molecule has 0 saturated carbocycles. The summed E-state index contributed by atoms with van der Waals surface area (Å²) in [6, 6.07) is 21.5. The molecule has 0 bridgehead atoms. The summed E-state index contributed by atoms with van der Waals surface area (Å²) in [5.41, 5.74) is 2.86. The molecule has 2 rings (SSSR count). The number of halogens is 1. The monoisotopic (exact) mass is 345 g/mol. The van der Waals surface area contributed by atoms with Gasteiger partial charge in [-0.3, -0.25) is 4.90 Å². The zero-order chi connectivity index (χ0) is 14.8. The molecule has 0 spiro atoms. The summed E-state index contributed by atoms with van der Waals surface area (Å²) in [5, 5.41) is 1.04. The van der Waals surface area contributed by atoms with Crippen molar-refractivity contribution in [2.45, 2.75) is 25.8 Å². The Bertz CT molecular complexity index is 483. The van der Waals surface area contributed by atoms with Gasteiger partial charge < -0.3 is 0 Å². The van der Waals surface area contributed by atoms with E-state index < -0.39 is 0 Å². The Morgan fingerprint density at radius 1 is 0.714 bits per heavy atom. The highest BCUT2D eigenvalue weighted by Crippen LogP contribution is 2.09. The number of unbranched alkanes of at least 4 members (excludes halogenated alkanes) is 1. The van der Waals surface area contributed by atoms with Gasteiger partial charge in [0.2, 0.25) is 0 Å². The van der Waals surface area contributed by atoms with Gasteiger partial charge in [0.15, 0.2) is 0 Å². The van der Waals surface area contributed by atoms with Crippen molar-refractivity contribution < 1.29 is 0 Å². The van der Waals surface area contributed by atoms with Crippen molar-refractivity contribution in [1.82, 2.24) is 4.90 Å². The molecule has 0 radical (unpaired) electrons. The second-order valence-electron chi connectivity index (χ2n) is 5.39. The average Bonchev–Trinajstić information content (AvgIpc) is 2.54. The number of aryl methyl sites for hydroxylation is 1. The van der Waals surface area contributed by atoms with E-state index in [1.54, 1.807) is 0 Å². The lowest BCUT2D eigenvalue weighted by atomic mass is 10.1. The molecule has 0 unspecified atom stereocenters. The number of hydrogen-bond acceptors (Lipinski definition) is 1. The van der Waals surface area contributed by atoms with Gasteiger partial charge in [-0.05, 0) is 36.9 Å². The highest BCUT2D eigenvalue weighted by molar-refractivity contribution is 9.09. The highest BCUT2D eigenvalue weighted by Gasteiger charge is 2.05. The third kappa shape index (κ3) is 6.45. The fourth-order valence-electron chi connectivity index (χ4n) is 2.54. The lowest BCUT2D eigenvalue weighted by Crippen LogP contribution is -2.26. The summed E-state index contributed by atoms with van der Waals surface area (Å²) in [6.07, 6.45) is 3.71. The average molecular weight is 346 g/mol. The molecule has 0 fully saturated rings. The molecule has 0 aliphatic carbocycles. The van der Waals surface area contributed by atoms with E-state index in [1.165, 1.54) is 36.9 Å². The fraction of sp³-hybridized carbons (Fsp3) is 0.368. The summed E-state index contributed by atoms with van der Waals surface area (Å²) in [6.45, 7) is 3.34. The molecule has 2 aromatic rings. The normalized spacial score (nSPS) is 11.0. The summed E-state index contributed by atoms with van der Waals surface area (Å²) in [4.78, 5) is 2.54. The number of rotatable bonds is 9. The maximum Gasteiger partial charge on any atom is 0.0234 e. The lowest BCUT2D eigenvalue weighted by molar-refractivity contribution is 0.277. The van der Waals surface area contributed by atoms with E-state index >= 15 is 0 Å². The van der Waals surface area contributed by atoms with E-state index in [-0.39, 0.29) is 0 Å². The third-order valence-corrected chi connectivity index (χ3v) is 4.04. The molecule has 0 saturated heterocycles. The molecule has 2 aromatic carbocycles. The Morgan fingerprint density at radius 2 is 1.33 bits per heavy atom. The first-order chi connectivity index (χ1) is 10.4. The first kappa shape index (κ1) is 16.3. The molecule has 0 aromatic heterocycles. The number of hydrogen-bond donors (Lipinski definition) is 0. The van der Waals surface area contributed by atoms with Crippen molar-refractivity contribution >= 4 is 15.9 Å². The van der Waals surface area contributed by atoms with Crippen LogP contribution in [0, 0.1) is 0 Å². The smallest absolute Gasteiger partial charge is 0.0234 e. The van der Waals surface area contributed by atoms with Crippen molar-refractivity contribution in [3.63, 3.8) is 0 Å². The molecule has 0 amide bonds. The topological polar surface area (TPSA) is 3.24 Å². The molecule has 112 valence electrons. The molecule has 1 nitrogen and oxygen atoms in total. The maximum absolute atomic E-state index is 3.57. The predicted molar refractivity (Wildman–Crippen MR) is 94.9 cm³/mol. The molecule has 0 aliphatic heterocycles. The maximum atomic E-state index is 3.57. The first-order valence-corrected chi connectivity index (χ1v) is 8.87. The molecule has 0 aliphatic rings. The van der Waals surface area contributed by atoms with E-state index in [2.05, 4.69) is 81.5 Å². The molecular weight excluding hydrogens is 322 g/mol. The minimum Gasteiger partial charge on any atom is -0.298 e. The van der Waals surface area contributed by atoms with Gasteiger partial charge in [-0.1, -0.05) is 76.6 Å². The van der Waals surface area contributed by atoms with Crippen LogP contribution >= 0.6 is 15.9 Å². The SMILES string of the molecule is BrCCN(CCCCc1ccccc1)Cc1ccccc1. The van der Waals surface area contributed by atoms with Gasteiger partial charge in [-0.15, -0.1) is 0 Å². The van der Waals surface area contributed by atoms with Gasteiger partial charge in [0.05, 0.1) is 0 Å². The Balaban J connectivity index is 1.72. The Labute approximate surface area is 137 Å². The summed E-state index contributed by atoms with van der Waals surface area (Å²) in [5.74, 6) is 0. The van der Waals surface area contributed by atoms with Crippen LogP contribution in [0.4, 0.5) is 0 Å². The summed E-state index contributed by atoms with van der Waals surface area (Å²) in [7, 11) is 0. The minimum absolute atomic E-state index is 1.04. The van der Waals surface area contributed by atoms with Gasteiger partial charge in [0.1, 0.15) is 0 Å². The first-order valence-electron chi connectivity index (χ1n) is 7.74. The molecule has 21 heavy (non-hydrogen) atoms. The van der Waals surface area contributed by atoms with E-state index in [4.69, 9.17) is 0 Å². The van der Waals surface area contributed by atoms with Crippen LogP contribution in [0.2, 0.25) is 0 Å². The fourth-order valence-corrected chi connectivity index (χ4v) is 3.04. The predicted octanol–water partition coefficient (Wildman–Crippen LogP) is 4.91. The standard InChI is InChI=1S/C19H24BrN/c20-14-16-21(17-19-12-5-2-6-13-19)15-8-7-11-18-9-3-1-4-10-18/h1-6,9-10,12-13H,7-8,11,14-17H2. The van der Waals surface area contributed by atoms with Crippen molar-refractivity contribution in [1.29, 1.82) is 0 Å². The Kier molecular flexibility index (Phi) is 7.55. The van der Waals surface area contributed by atoms with Crippen molar-refractivity contribution in [2.75, 3.05) is 18.4 Å². The van der Waals surface area contributed by atoms with E-state index in [0.29, 0.717) is 0 Å². The molecule has 2 heteroatoms. The Hall–Kier alpha value is -1.12. The second-order valence-corrected chi connectivity index (χ2v) is 6.19. The quantitative estimate of drug-likeness (QED) is 0.461. The molecule has 0 atom stereocenters. The number of benzene rings is 2. The third-order valence-electron chi connectivity index (χ3n) is 3.68. The van der Waals surface area contributed by atoms with Crippen LogP contribution in [-0.4, -0.2) is 23.3 Å². The summed E-state index contributed by atoms with van der Waals surface area (Å²) < 4.78 is 0. The van der Waals surface area contributed by atoms with E-state index in [0.717, 1.165) is 18.4 Å². The largest absolute Gasteiger partial charge is 0.298 e. The van der Waals surface area contributed by atoms with E-state index in [9.17, 15) is 0 Å². The van der Waals surface area contributed by atoms with Crippen LogP contribution in [-0.2, 0) is 13.0 Å². The molecular formula is C19H24BrN. The van der Waals surface area contributed by atoms with Crippen LogP contribution in [0.15, 0.2) is 60.7 Å². The van der Waals surface area contributed by atoms with Gasteiger partial charge in [0, 0.05) is 18.4 Å². The molecule has 0 heterocycles. The van der Waals surface area contributed by atoms with Gasteiger partial charge >= 0.3 is 0 Å². The van der Waals surface area contributed by atoms with Gasteiger partial charge in [-0.2, -0.15) is 0 Å².